The van der Waals surface area contributed by atoms with Crippen molar-refractivity contribution in [2.45, 2.75) is 13.5 Å². The molecule has 1 aromatic carbocycles. The van der Waals surface area contributed by atoms with E-state index >= 15 is 0 Å². The summed E-state index contributed by atoms with van der Waals surface area (Å²) in [6.45, 7) is 2.49. The van der Waals surface area contributed by atoms with Crippen molar-refractivity contribution in [1.29, 1.82) is 0 Å². The summed E-state index contributed by atoms with van der Waals surface area (Å²) in [6, 6.07) is 3.02. The molecule has 0 saturated heterocycles. The van der Waals surface area contributed by atoms with Gasteiger partial charge in [-0.25, -0.2) is 4.39 Å². The van der Waals surface area contributed by atoms with E-state index in [1.807, 2.05) is 29.5 Å². The van der Waals surface area contributed by atoms with Crippen LogP contribution in [0.5, 0.6) is 0 Å². The molecule has 0 radical (unpaired) electrons. The van der Waals surface area contributed by atoms with Gasteiger partial charge in [0.1, 0.15) is 5.82 Å². The number of benzene rings is 1. The number of aryl methyl sites for hydroxylation is 1. The lowest BCUT2D eigenvalue weighted by Crippen LogP contribution is -2.04. The van der Waals surface area contributed by atoms with Crippen LogP contribution in [0.4, 0.5) is 15.8 Å². The Morgan fingerprint density at radius 3 is 2.94 bits per heavy atom. The van der Waals surface area contributed by atoms with Crippen LogP contribution in [0.2, 0.25) is 0 Å². The van der Waals surface area contributed by atoms with Gasteiger partial charge in [0.15, 0.2) is 0 Å². The average Bonchev–Trinajstić information content (AvgIpc) is 2.68. The number of rotatable bonds is 3. The number of anilines is 2. The minimum Gasteiger partial charge on any atom is -0.397 e. The zero-order valence-corrected chi connectivity index (χ0v) is 11.4. The molecule has 0 aliphatic carbocycles. The Kier molecular flexibility index (Phi) is 3.51. The summed E-state index contributed by atoms with van der Waals surface area (Å²) < 4.78 is 13.9. The van der Waals surface area contributed by atoms with Crippen LogP contribution in [0, 0.1) is 16.3 Å². The van der Waals surface area contributed by atoms with Crippen molar-refractivity contribution in [3.8, 4) is 0 Å². The number of hydrogen-bond acceptors (Lipinski definition) is 3. The number of aromatic amines is 1. The molecular formula is C11H12FIN4. The summed E-state index contributed by atoms with van der Waals surface area (Å²) in [6.07, 6.45) is 1.74. The summed E-state index contributed by atoms with van der Waals surface area (Å²) in [5, 5.41) is 9.86. The molecule has 0 bridgehead atoms. The van der Waals surface area contributed by atoms with Gasteiger partial charge in [0.25, 0.3) is 0 Å². The maximum atomic E-state index is 13.4. The smallest absolute Gasteiger partial charge is 0.138 e. The predicted octanol–water partition coefficient (Wildman–Crippen LogP) is 2.66. The van der Waals surface area contributed by atoms with E-state index in [0.29, 0.717) is 21.5 Å². The Hall–Kier alpha value is -1.31. The van der Waals surface area contributed by atoms with Gasteiger partial charge in [0, 0.05) is 23.9 Å². The molecule has 0 aliphatic heterocycles. The number of nitrogens with one attached hydrogen (secondary N) is 2. The zero-order chi connectivity index (χ0) is 12.4. The first-order valence-corrected chi connectivity index (χ1v) is 6.13. The van der Waals surface area contributed by atoms with E-state index in [1.165, 1.54) is 6.07 Å². The summed E-state index contributed by atoms with van der Waals surface area (Å²) in [4.78, 5) is 0. The fraction of sp³-hybridized carbons (Fsp3) is 0.182. The van der Waals surface area contributed by atoms with Gasteiger partial charge in [-0.1, -0.05) is 0 Å². The quantitative estimate of drug-likeness (QED) is 0.591. The van der Waals surface area contributed by atoms with Crippen LogP contribution in [-0.2, 0) is 6.54 Å². The van der Waals surface area contributed by atoms with Crippen molar-refractivity contribution in [2.24, 2.45) is 0 Å². The Labute approximate surface area is 112 Å². The van der Waals surface area contributed by atoms with Crippen LogP contribution in [-0.4, -0.2) is 10.2 Å². The van der Waals surface area contributed by atoms with Gasteiger partial charge >= 0.3 is 0 Å². The zero-order valence-electron chi connectivity index (χ0n) is 9.22. The van der Waals surface area contributed by atoms with Crippen LogP contribution in [0.15, 0.2) is 18.3 Å². The van der Waals surface area contributed by atoms with Gasteiger partial charge < -0.3 is 11.1 Å². The van der Waals surface area contributed by atoms with Crippen LogP contribution in [0.1, 0.15) is 11.3 Å². The maximum Gasteiger partial charge on any atom is 0.138 e. The van der Waals surface area contributed by atoms with Gasteiger partial charge in [-0.05, 0) is 35.6 Å². The van der Waals surface area contributed by atoms with E-state index in [1.54, 1.807) is 12.3 Å². The summed E-state index contributed by atoms with van der Waals surface area (Å²) in [5.41, 5.74) is 8.97. The Bertz CT molecular complexity index is 538. The van der Waals surface area contributed by atoms with Gasteiger partial charge in [-0.3, -0.25) is 5.10 Å². The second-order valence-electron chi connectivity index (χ2n) is 3.73. The molecule has 4 N–H and O–H groups in total. The minimum absolute atomic E-state index is 0.272. The Morgan fingerprint density at radius 1 is 1.53 bits per heavy atom. The first kappa shape index (κ1) is 12.2. The lowest BCUT2D eigenvalue weighted by atomic mass is 10.2. The monoisotopic (exact) mass is 346 g/mol. The second-order valence-corrected chi connectivity index (χ2v) is 4.89. The van der Waals surface area contributed by atoms with Crippen LogP contribution < -0.4 is 11.1 Å². The Balaban J connectivity index is 2.14. The highest BCUT2D eigenvalue weighted by Crippen LogP contribution is 2.24. The lowest BCUT2D eigenvalue weighted by molar-refractivity contribution is 0.621. The fourth-order valence-electron chi connectivity index (χ4n) is 1.46. The molecule has 17 heavy (non-hydrogen) atoms. The predicted molar refractivity (Wildman–Crippen MR) is 74.2 cm³/mol. The van der Waals surface area contributed by atoms with Crippen molar-refractivity contribution < 1.29 is 4.39 Å². The molecule has 1 heterocycles. The van der Waals surface area contributed by atoms with E-state index in [0.717, 1.165) is 11.3 Å². The molecule has 0 spiro atoms. The van der Waals surface area contributed by atoms with Crippen LogP contribution in [0.3, 0.4) is 0 Å². The molecule has 0 fully saturated rings. The third kappa shape index (κ3) is 2.68. The molecule has 0 amide bonds. The molecule has 0 unspecified atom stereocenters. The largest absolute Gasteiger partial charge is 0.397 e. The van der Waals surface area contributed by atoms with E-state index in [2.05, 4.69) is 15.5 Å². The number of H-pyrrole nitrogens is 1. The van der Waals surface area contributed by atoms with E-state index < -0.39 is 0 Å². The number of aromatic nitrogens is 2. The third-order valence-electron chi connectivity index (χ3n) is 2.50. The van der Waals surface area contributed by atoms with Crippen LogP contribution >= 0.6 is 22.6 Å². The molecule has 2 rings (SSSR count). The summed E-state index contributed by atoms with van der Waals surface area (Å²) in [7, 11) is 0. The van der Waals surface area contributed by atoms with Gasteiger partial charge in [-0.15, -0.1) is 0 Å². The van der Waals surface area contributed by atoms with Gasteiger partial charge in [-0.2, -0.15) is 5.10 Å². The van der Waals surface area contributed by atoms with Crippen LogP contribution in [0.25, 0.3) is 0 Å². The first-order valence-electron chi connectivity index (χ1n) is 5.05. The second kappa shape index (κ2) is 4.91. The number of hydrogen-bond donors (Lipinski definition) is 3. The average molecular weight is 346 g/mol. The Morgan fingerprint density at radius 2 is 2.29 bits per heavy atom. The highest BCUT2D eigenvalue weighted by molar-refractivity contribution is 14.1. The molecular weight excluding hydrogens is 334 g/mol. The SMILES string of the molecule is Cc1[nH]ncc1CNc1cc(F)c(I)cc1N. The lowest BCUT2D eigenvalue weighted by Gasteiger charge is -2.09. The molecule has 90 valence electrons. The summed E-state index contributed by atoms with van der Waals surface area (Å²) in [5.74, 6) is -0.272. The molecule has 2 aromatic rings. The minimum atomic E-state index is -0.272. The molecule has 6 heteroatoms. The highest BCUT2D eigenvalue weighted by atomic mass is 127. The maximum absolute atomic E-state index is 13.4. The number of nitrogens with zero attached hydrogens (tertiary/aromatic N) is 1. The number of halogens is 2. The fourth-order valence-corrected chi connectivity index (χ4v) is 1.95. The molecule has 0 aliphatic rings. The standard InChI is InChI=1S/C11H12FIN4/c1-6-7(5-16-17-6)4-15-11-2-8(12)9(13)3-10(11)14/h2-3,5,15H,4,14H2,1H3,(H,16,17). The van der Waals surface area contributed by atoms with Crippen molar-refractivity contribution >= 4 is 34.0 Å². The van der Waals surface area contributed by atoms with Crippen molar-refractivity contribution in [3.63, 3.8) is 0 Å². The molecule has 1 aromatic heterocycles. The van der Waals surface area contributed by atoms with E-state index in [9.17, 15) is 4.39 Å². The molecule has 4 nitrogen and oxygen atoms in total. The number of nitrogens with two attached hydrogens (primary N) is 1. The van der Waals surface area contributed by atoms with Gasteiger partial charge in [0.2, 0.25) is 0 Å². The van der Waals surface area contributed by atoms with E-state index in [-0.39, 0.29) is 5.82 Å². The number of nitrogen functional groups attached to an aromatic ring is 1. The van der Waals surface area contributed by atoms with Crippen molar-refractivity contribution in [3.05, 3.63) is 39.0 Å². The molecule has 0 saturated carbocycles. The highest BCUT2D eigenvalue weighted by Gasteiger charge is 2.06. The van der Waals surface area contributed by atoms with Crippen molar-refractivity contribution in [2.75, 3.05) is 11.1 Å². The van der Waals surface area contributed by atoms with Gasteiger partial charge in [0.05, 0.1) is 21.1 Å². The third-order valence-corrected chi connectivity index (χ3v) is 3.32. The normalized spacial score (nSPS) is 10.5. The summed E-state index contributed by atoms with van der Waals surface area (Å²) >= 11 is 1.91. The van der Waals surface area contributed by atoms with E-state index in [4.69, 9.17) is 5.73 Å². The molecule has 0 atom stereocenters. The van der Waals surface area contributed by atoms with Crippen molar-refractivity contribution in [1.82, 2.24) is 10.2 Å². The topological polar surface area (TPSA) is 66.7 Å². The first-order chi connectivity index (χ1) is 8.08.